The molecule has 1 N–H and O–H groups in total. The van der Waals surface area contributed by atoms with E-state index in [0.29, 0.717) is 43.1 Å². The lowest BCUT2D eigenvalue weighted by Crippen LogP contribution is -2.35. The molecule has 0 fully saturated rings. The van der Waals surface area contributed by atoms with Crippen molar-refractivity contribution in [1.82, 2.24) is 5.32 Å². The normalized spacial score (nSPS) is 17.1. The van der Waals surface area contributed by atoms with E-state index in [-0.39, 0.29) is 17.6 Å². The average molecular weight is 397 g/mol. The van der Waals surface area contributed by atoms with Gasteiger partial charge in [0.05, 0.1) is 18.6 Å². The third-order valence-electron chi connectivity index (χ3n) is 4.06. The third-order valence-corrected chi connectivity index (χ3v) is 6.36. The monoisotopic (exact) mass is 397 g/mol. The maximum absolute atomic E-state index is 12.3. The molecule has 140 valence electrons. The fraction of sp³-hybridized carbons (Fsp3) is 0.438. The molecule has 0 atom stereocenters. The van der Waals surface area contributed by atoms with Crippen molar-refractivity contribution in [3.63, 3.8) is 0 Å². The molecular weight excluding hydrogens is 378 g/mol. The molecule has 10 heteroatoms. The molecule has 0 aromatic heterocycles. The first-order chi connectivity index (χ1) is 12.4. The molecule has 0 saturated carbocycles. The van der Waals surface area contributed by atoms with E-state index in [9.17, 15) is 18.0 Å². The Labute approximate surface area is 156 Å². The molecule has 1 aromatic carbocycles. The lowest BCUT2D eigenvalue weighted by Gasteiger charge is -2.22. The van der Waals surface area contributed by atoms with Crippen LogP contribution in [0.4, 0.5) is 5.69 Å². The van der Waals surface area contributed by atoms with Gasteiger partial charge in [0, 0.05) is 30.0 Å². The summed E-state index contributed by atoms with van der Waals surface area (Å²) in [7, 11) is -2.04. The molecule has 2 aliphatic heterocycles. The van der Waals surface area contributed by atoms with Crippen LogP contribution < -0.4 is 10.2 Å². The number of hydrogen-bond acceptors (Lipinski definition) is 7. The molecule has 2 aliphatic rings. The summed E-state index contributed by atoms with van der Waals surface area (Å²) >= 11 is 1.26. The second kappa shape index (κ2) is 7.67. The van der Waals surface area contributed by atoms with E-state index in [2.05, 4.69) is 14.5 Å². The summed E-state index contributed by atoms with van der Waals surface area (Å²) in [6.45, 7) is 0.837. The minimum absolute atomic E-state index is 0.00961. The van der Waals surface area contributed by atoms with Crippen LogP contribution in [0.5, 0.6) is 0 Å². The van der Waals surface area contributed by atoms with Crippen molar-refractivity contribution in [2.45, 2.75) is 24.2 Å². The summed E-state index contributed by atoms with van der Waals surface area (Å²) in [5, 5.41) is 3.25. The van der Waals surface area contributed by atoms with Crippen LogP contribution in [0.2, 0.25) is 0 Å². The van der Waals surface area contributed by atoms with Gasteiger partial charge in [-0.25, -0.2) is 8.42 Å². The fourth-order valence-corrected chi connectivity index (χ4v) is 4.97. The van der Waals surface area contributed by atoms with Gasteiger partial charge < -0.3 is 15.0 Å². The number of thioether (sulfide) groups is 1. The van der Waals surface area contributed by atoms with Gasteiger partial charge in [0.15, 0.2) is 5.17 Å². The molecule has 26 heavy (non-hydrogen) atoms. The highest BCUT2D eigenvalue weighted by atomic mass is 32.2. The molecule has 0 bridgehead atoms. The van der Waals surface area contributed by atoms with E-state index in [4.69, 9.17) is 0 Å². The number of hydrogen-bond donors (Lipinski definition) is 1. The summed E-state index contributed by atoms with van der Waals surface area (Å²) in [4.78, 5) is 26.0. The number of ether oxygens (including phenoxy) is 1. The Hall–Kier alpha value is -2.07. The molecule has 0 saturated heterocycles. The minimum Gasteiger partial charge on any atom is -0.469 e. The zero-order valence-electron chi connectivity index (χ0n) is 14.2. The van der Waals surface area contributed by atoms with Crippen LogP contribution in [0.1, 0.15) is 29.6 Å². The van der Waals surface area contributed by atoms with Crippen molar-refractivity contribution in [2.75, 3.05) is 30.9 Å². The van der Waals surface area contributed by atoms with E-state index in [1.54, 1.807) is 12.1 Å². The maximum Gasteiger partial charge on any atom is 0.305 e. The van der Waals surface area contributed by atoms with Crippen LogP contribution in [-0.4, -0.2) is 51.4 Å². The molecule has 0 unspecified atom stereocenters. The zero-order valence-corrected chi connectivity index (χ0v) is 15.9. The van der Waals surface area contributed by atoms with E-state index in [1.807, 2.05) is 11.0 Å². The fourth-order valence-electron chi connectivity index (χ4n) is 2.67. The minimum atomic E-state index is -3.39. The van der Waals surface area contributed by atoms with Gasteiger partial charge in [-0.1, -0.05) is 0 Å². The Morgan fingerprint density at radius 2 is 2.15 bits per heavy atom. The molecule has 1 amide bonds. The van der Waals surface area contributed by atoms with Crippen LogP contribution >= 0.6 is 11.8 Å². The zero-order chi connectivity index (χ0) is 18.7. The SMILES string of the molecule is COC(=O)CCCCNC(=O)c1ccc2c(c1)SC1=NS(=O)(=O)CCN12. The van der Waals surface area contributed by atoms with Crippen LogP contribution in [-0.2, 0) is 19.6 Å². The van der Waals surface area contributed by atoms with Crippen LogP contribution in [0.3, 0.4) is 0 Å². The molecule has 0 spiro atoms. The largest absolute Gasteiger partial charge is 0.469 e. The van der Waals surface area contributed by atoms with Gasteiger partial charge in [-0.3, -0.25) is 9.59 Å². The highest BCUT2D eigenvalue weighted by molar-refractivity contribution is 8.15. The number of anilines is 1. The number of carbonyl (C=O) groups excluding carboxylic acids is 2. The number of amidine groups is 1. The Balaban J connectivity index is 1.59. The number of sulfonamides is 1. The number of methoxy groups -OCH3 is 1. The molecule has 0 radical (unpaired) electrons. The Bertz CT molecular complexity index is 867. The summed E-state index contributed by atoms with van der Waals surface area (Å²) in [6.07, 6.45) is 1.67. The van der Waals surface area contributed by atoms with Crippen molar-refractivity contribution >= 4 is 44.5 Å². The van der Waals surface area contributed by atoms with E-state index < -0.39 is 10.0 Å². The Morgan fingerprint density at radius 1 is 1.35 bits per heavy atom. The van der Waals surface area contributed by atoms with Gasteiger partial charge in [0.25, 0.3) is 15.9 Å². The predicted molar refractivity (Wildman–Crippen MR) is 99.1 cm³/mol. The number of esters is 1. The molecule has 3 rings (SSSR count). The first-order valence-corrected chi connectivity index (χ1v) is 10.6. The number of rotatable bonds is 6. The smallest absolute Gasteiger partial charge is 0.305 e. The number of unbranched alkanes of at least 4 members (excludes halogenated alkanes) is 1. The molecular formula is C16H19N3O5S2. The van der Waals surface area contributed by atoms with Gasteiger partial charge >= 0.3 is 5.97 Å². The number of amides is 1. The van der Waals surface area contributed by atoms with E-state index in [1.165, 1.54) is 18.9 Å². The first kappa shape index (κ1) is 18.7. The number of benzene rings is 1. The Kier molecular flexibility index (Phi) is 5.52. The van der Waals surface area contributed by atoms with Crippen LogP contribution in [0.15, 0.2) is 27.5 Å². The summed E-state index contributed by atoms with van der Waals surface area (Å²) in [5.74, 6) is -0.469. The van der Waals surface area contributed by atoms with Crippen LogP contribution in [0.25, 0.3) is 0 Å². The van der Waals surface area contributed by atoms with E-state index in [0.717, 1.165) is 10.6 Å². The molecule has 1 aromatic rings. The topological polar surface area (TPSA) is 105 Å². The summed E-state index contributed by atoms with van der Waals surface area (Å²) in [5.41, 5.74) is 1.38. The van der Waals surface area contributed by atoms with Crippen molar-refractivity contribution in [3.8, 4) is 0 Å². The highest BCUT2D eigenvalue weighted by Crippen LogP contribution is 2.42. The van der Waals surface area contributed by atoms with Gasteiger partial charge in [-0.2, -0.15) is 0 Å². The van der Waals surface area contributed by atoms with Gasteiger partial charge in [0.2, 0.25) is 0 Å². The maximum atomic E-state index is 12.3. The Morgan fingerprint density at radius 3 is 2.92 bits per heavy atom. The third kappa shape index (κ3) is 4.18. The van der Waals surface area contributed by atoms with Crippen molar-refractivity contribution in [3.05, 3.63) is 23.8 Å². The van der Waals surface area contributed by atoms with Crippen LogP contribution in [0, 0.1) is 0 Å². The number of carbonyl (C=O) groups is 2. The number of fused-ring (bicyclic) bond motifs is 3. The number of nitrogens with zero attached hydrogens (tertiary/aromatic N) is 2. The lowest BCUT2D eigenvalue weighted by molar-refractivity contribution is -0.140. The number of nitrogens with one attached hydrogen (secondary N) is 1. The summed E-state index contributed by atoms with van der Waals surface area (Å²) in [6, 6.07) is 5.28. The van der Waals surface area contributed by atoms with Crippen molar-refractivity contribution in [1.29, 1.82) is 0 Å². The van der Waals surface area contributed by atoms with Gasteiger partial charge in [-0.05, 0) is 42.8 Å². The predicted octanol–water partition coefficient (Wildman–Crippen LogP) is 1.37. The molecule has 8 nitrogen and oxygen atoms in total. The van der Waals surface area contributed by atoms with Gasteiger partial charge in [0.1, 0.15) is 0 Å². The average Bonchev–Trinajstić information content (AvgIpc) is 2.95. The van der Waals surface area contributed by atoms with Crippen molar-refractivity contribution < 1.29 is 22.7 Å². The second-order valence-corrected chi connectivity index (χ2v) is 8.65. The quantitative estimate of drug-likeness (QED) is 0.571. The lowest BCUT2D eigenvalue weighted by atomic mass is 10.1. The van der Waals surface area contributed by atoms with E-state index >= 15 is 0 Å². The summed E-state index contributed by atoms with van der Waals surface area (Å²) < 4.78 is 31.6. The highest BCUT2D eigenvalue weighted by Gasteiger charge is 2.33. The molecule has 2 heterocycles. The standard InChI is InChI=1S/C16H19N3O5S2/c1-24-14(20)4-2-3-7-17-15(21)11-5-6-12-13(10-11)25-16-18-26(22,23)9-8-19(12)16/h5-6,10H,2-4,7-9H2,1H3,(H,17,21). The van der Waals surface area contributed by atoms with Crippen molar-refractivity contribution in [2.24, 2.45) is 4.40 Å². The van der Waals surface area contributed by atoms with Gasteiger partial charge in [-0.15, -0.1) is 4.40 Å². The molecule has 0 aliphatic carbocycles. The first-order valence-electron chi connectivity index (χ1n) is 8.17. The second-order valence-electron chi connectivity index (χ2n) is 5.89.